The summed E-state index contributed by atoms with van der Waals surface area (Å²) in [6.45, 7) is 1.58. The minimum Gasteiger partial charge on any atom is -0.230 e. The van der Waals surface area contributed by atoms with Gasteiger partial charge >= 0.3 is 0 Å². The number of rotatable bonds is 4. The second kappa shape index (κ2) is 3.87. The van der Waals surface area contributed by atoms with Gasteiger partial charge < -0.3 is 0 Å². The lowest BCUT2D eigenvalue weighted by Gasteiger charge is -2.17. The van der Waals surface area contributed by atoms with Crippen molar-refractivity contribution in [3.8, 4) is 0 Å². The Bertz CT molecular complexity index is 173. The van der Waals surface area contributed by atoms with Crippen LogP contribution in [0, 0.1) is 0 Å². The van der Waals surface area contributed by atoms with Gasteiger partial charge in [-0.3, -0.25) is 0 Å². The van der Waals surface area contributed by atoms with Crippen LogP contribution in [0.5, 0.6) is 0 Å². The van der Waals surface area contributed by atoms with E-state index in [1.54, 1.807) is 6.92 Å². The van der Waals surface area contributed by atoms with Gasteiger partial charge in [0, 0.05) is 14.1 Å². The van der Waals surface area contributed by atoms with Gasteiger partial charge in [-0.1, -0.05) is 4.52 Å². The summed E-state index contributed by atoms with van der Waals surface area (Å²) in [5, 5.41) is 0. The van der Waals surface area contributed by atoms with Crippen LogP contribution in [0.25, 0.3) is 0 Å². The van der Waals surface area contributed by atoms with Gasteiger partial charge in [-0.25, -0.2) is 19.3 Å². The minimum absolute atomic E-state index is 0.0781. The molecule has 0 aromatic carbocycles. The molecule has 0 radical (unpaired) electrons. The summed E-state index contributed by atoms with van der Waals surface area (Å²) in [5.74, 6) is 0.0781. The van der Waals surface area contributed by atoms with E-state index in [1.165, 1.54) is 14.1 Å². The Kier molecular flexibility index (Phi) is 3.80. The Morgan fingerprint density at radius 1 is 1.30 bits per heavy atom. The SMILES string of the molecule is CCS(=O)(=O)N(NC)NC. The third kappa shape index (κ3) is 2.22. The molecule has 0 aromatic rings. The van der Waals surface area contributed by atoms with Gasteiger partial charge in [0.05, 0.1) is 5.75 Å². The second-order valence-electron chi connectivity index (χ2n) is 1.61. The molecule has 6 heteroatoms. The number of hydrazine groups is 2. The molecule has 2 N–H and O–H groups in total. The van der Waals surface area contributed by atoms with Crippen LogP contribution in [0.1, 0.15) is 6.92 Å². The molecular formula is C4H13N3O2S. The molecule has 0 aromatic heterocycles. The first kappa shape index (κ1) is 9.83. The number of sulfonamides is 1. The Balaban J connectivity index is 4.28. The van der Waals surface area contributed by atoms with Crippen LogP contribution in [0.3, 0.4) is 0 Å². The van der Waals surface area contributed by atoms with E-state index in [4.69, 9.17) is 0 Å². The van der Waals surface area contributed by atoms with Crippen molar-refractivity contribution >= 4 is 10.0 Å². The molecule has 0 unspecified atom stereocenters. The molecule has 0 bridgehead atoms. The van der Waals surface area contributed by atoms with Crippen molar-refractivity contribution in [2.24, 2.45) is 0 Å². The molecule has 0 fully saturated rings. The third-order valence-electron chi connectivity index (χ3n) is 1.05. The van der Waals surface area contributed by atoms with Crippen molar-refractivity contribution < 1.29 is 8.42 Å². The van der Waals surface area contributed by atoms with Crippen LogP contribution in [-0.4, -0.2) is 32.8 Å². The summed E-state index contributed by atoms with van der Waals surface area (Å²) in [6, 6.07) is 0. The van der Waals surface area contributed by atoms with Gasteiger partial charge in [0.2, 0.25) is 10.0 Å². The number of hydrogen-bond donors (Lipinski definition) is 2. The van der Waals surface area contributed by atoms with E-state index in [-0.39, 0.29) is 5.75 Å². The molecule has 0 saturated carbocycles. The lowest BCUT2D eigenvalue weighted by atomic mass is 11.0. The fraction of sp³-hybridized carbons (Fsp3) is 1.00. The first-order valence-electron chi connectivity index (χ1n) is 2.96. The van der Waals surface area contributed by atoms with Crippen LogP contribution in [-0.2, 0) is 10.0 Å². The molecule has 0 saturated heterocycles. The smallest absolute Gasteiger partial charge is 0.230 e. The molecule has 10 heavy (non-hydrogen) atoms. The molecule has 0 spiro atoms. The maximum atomic E-state index is 11.0. The molecule has 0 heterocycles. The van der Waals surface area contributed by atoms with Crippen molar-refractivity contribution in [3.63, 3.8) is 0 Å². The summed E-state index contributed by atoms with van der Waals surface area (Å²) in [5.41, 5.74) is 4.95. The Morgan fingerprint density at radius 2 is 1.70 bits per heavy atom. The van der Waals surface area contributed by atoms with E-state index < -0.39 is 10.0 Å². The average molecular weight is 167 g/mol. The molecule has 0 aliphatic carbocycles. The molecule has 0 rings (SSSR count). The van der Waals surface area contributed by atoms with Gasteiger partial charge in [-0.2, -0.15) is 0 Å². The Labute approximate surface area is 61.4 Å². The summed E-state index contributed by atoms with van der Waals surface area (Å²) in [7, 11) is -0.0864. The highest BCUT2D eigenvalue weighted by Gasteiger charge is 2.15. The average Bonchev–Trinajstić information content (AvgIpc) is 1.90. The number of nitrogens with one attached hydrogen (secondary N) is 2. The fourth-order valence-electron chi connectivity index (χ4n) is 0.519. The van der Waals surface area contributed by atoms with Gasteiger partial charge in [-0.15, -0.1) is 0 Å². The summed E-state index contributed by atoms with van der Waals surface area (Å²) in [6.07, 6.45) is 0. The van der Waals surface area contributed by atoms with Crippen molar-refractivity contribution in [2.75, 3.05) is 19.8 Å². The highest BCUT2D eigenvalue weighted by atomic mass is 32.2. The first-order chi connectivity index (χ1) is 4.58. The standard InChI is InChI=1S/C4H13N3O2S/c1-4-10(8,9)7(5-2)6-3/h5-6H,4H2,1-3H3. The highest BCUT2D eigenvalue weighted by molar-refractivity contribution is 7.88. The highest BCUT2D eigenvalue weighted by Crippen LogP contribution is 1.90. The normalized spacial score (nSPS) is 12.4. The van der Waals surface area contributed by atoms with Gasteiger partial charge in [0.15, 0.2) is 0 Å². The van der Waals surface area contributed by atoms with E-state index >= 15 is 0 Å². The van der Waals surface area contributed by atoms with Gasteiger partial charge in [0.25, 0.3) is 0 Å². The maximum absolute atomic E-state index is 11.0. The zero-order chi connectivity index (χ0) is 8.20. The molecule has 0 amide bonds. The lowest BCUT2D eigenvalue weighted by Crippen LogP contribution is -2.48. The Hall–Kier alpha value is -0.170. The predicted octanol–water partition coefficient (Wildman–Crippen LogP) is -1.09. The number of hydrogen-bond acceptors (Lipinski definition) is 4. The molecule has 0 aliphatic heterocycles. The van der Waals surface area contributed by atoms with Crippen LogP contribution in [0.2, 0.25) is 0 Å². The molecular weight excluding hydrogens is 154 g/mol. The van der Waals surface area contributed by atoms with E-state index in [1.807, 2.05) is 0 Å². The van der Waals surface area contributed by atoms with E-state index in [9.17, 15) is 8.42 Å². The van der Waals surface area contributed by atoms with Crippen LogP contribution in [0.15, 0.2) is 0 Å². The van der Waals surface area contributed by atoms with Gasteiger partial charge in [-0.05, 0) is 6.92 Å². The van der Waals surface area contributed by atoms with Crippen molar-refractivity contribution in [1.82, 2.24) is 15.4 Å². The zero-order valence-electron chi connectivity index (χ0n) is 6.38. The lowest BCUT2D eigenvalue weighted by molar-refractivity contribution is 0.280. The molecule has 0 aliphatic rings. The minimum atomic E-state index is -3.15. The largest absolute Gasteiger partial charge is 0.239 e. The van der Waals surface area contributed by atoms with E-state index in [0.717, 1.165) is 4.52 Å². The van der Waals surface area contributed by atoms with Gasteiger partial charge in [0.1, 0.15) is 0 Å². The summed E-state index contributed by atoms with van der Waals surface area (Å²) < 4.78 is 22.9. The monoisotopic (exact) mass is 167 g/mol. The van der Waals surface area contributed by atoms with Crippen LogP contribution in [0.4, 0.5) is 0 Å². The fourth-order valence-corrected chi connectivity index (χ4v) is 1.33. The summed E-state index contributed by atoms with van der Waals surface area (Å²) in [4.78, 5) is 0. The topological polar surface area (TPSA) is 61.4 Å². The molecule has 62 valence electrons. The Morgan fingerprint density at radius 3 is 1.80 bits per heavy atom. The quantitative estimate of drug-likeness (QED) is 0.522. The van der Waals surface area contributed by atoms with Crippen molar-refractivity contribution in [2.45, 2.75) is 6.92 Å². The third-order valence-corrected chi connectivity index (χ3v) is 2.70. The molecule has 5 nitrogen and oxygen atoms in total. The zero-order valence-corrected chi connectivity index (χ0v) is 7.20. The van der Waals surface area contributed by atoms with E-state index in [0.29, 0.717) is 0 Å². The number of nitrogens with zero attached hydrogens (tertiary/aromatic N) is 1. The van der Waals surface area contributed by atoms with Crippen molar-refractivity contribution in [3.05, 3.63) is 0 Å². The van der Waals surface area contributed by atoms with Crippen LogP contribution < -0.4 is 10.9 Å². The first-order valence-corrected chi connectivity index (χ1v) is 4.57. The second-order valence-corrected chi connectivity index (χ2v) is 3.72. The summed E-state index contributed by atoms with van der Waals surface area (Å²) >= 11 is 0. The predicted molar refractivity (Wildman–Crippen MR) is 39.4 cm³/mol. The molecule has 0 atom stereocenters. The van der Waals surface area contributed by atoms with Crippen LogP contribution >= 0.6 is 0 Å². The van der Waals surface area contributed by atoms with Crippen molar-refractivity contribution in [1.29, 1.82) is 0 Å². The maximum Gasteiger partial charge on any atom is 0.239 e. The van der Waals surface area contributed by atoms with E-state index in [2.05, 4.69) is 10.9 Å².